The first kappa shape index (κ1) is 21.7. The van der Waals surface area contributed by atoms with Crippen molar-refractivity contribution in [3.05, 3.63) is 63.7 Å². The lowest BCUT2D eigenvalue weighted by atomic mass is 9.89. The maximum atomic E-state index is 13.0. The van der Waals surface area contributed by atoms with Crippen molar-refractivity contribution >= 4 is 29.0 Å². The van der Waals surface area contributed by atoms with Gasteiger partial charge in [-0.1, -0.05) is 23.7 Å². The fourth-order valence-electron chi connectivity index (χ4n) is 5.58. The number of ketones is 1. The third-order valence-corrected chi connectivity index (χ3v) is 7.70. The SMILES string of the molecule is O=C(CCC1CCN(CCc2cccc(Cl)c2)CC1)c1cc2c3c(c1)CCN3C(=O)CC2. The molecule has 0 atom stereocenters. The number of benzene rings is 2. The minimum Gasteiger partial charge on any atom is -0.312 e. The largest absolute Gasteiger partial charge is 0.312 e. The fraction of sp³-hybridized carbons (Fsp3) is 0.481. The van der Waals surface area contributed by atoms with Crippen molar-refractivity contribution in [3.63, 3.8) is 0 Å². The molecule has 5 rings (SSSR count). The summed E-state index contributed by atoms with van der Waals surface area (Å²) in [4.78, 5) is 29.5. The molecule has 2 aromatic rings. The van der Waals surface area contributed by atoms with Gasteiger partial charge in [0.1, 0.15) is 0 Å². The number of carbonyl (C=O) groups excluding carboxylic acids is 2. The van der Waals surface area contributed by atoms with Crippen LogP contribution in [-0.2, 0) is 24.1 Å². The number of Topliss-reactive ketones (excluding diaryl/α,β-unsaturated/α-hetero) is 1. The molecule has 0 aliphatic carbocycles. The molecule has 1 fully saturated rings. The number of carbonyl (C=O) groups is 2. The van der Waals surface area contributed by atoms with E-state index in [4.69, 9.17) is 11.6 Å². The molecule has 0 aromatic heterocycles. The van der Waals surface area contributed by atoms with Crippen LogP contribution in [0, 0.1) is 5.92 Å². The van der Waals surface area contributed by atoms with E-state index in [0.717, 1.165) is 68.1 Å². The quantitative estimate of drug-likeness (QED) is 0.551. The van der Waals surface area contributed by atoms with Gasteiger partial charge in [-0.15, -0.1) is 0 Å². The van der Waals surface area contributed by atoms with E-state index in [9.17, 15) is 9.59 Å². The number of aryl methyl sites for hydroxylation is 1. The van der Waals surface area contributed by atoms with E-state index in [1.54, 1.807) is 0 Å². The van der Waals surface area contributed by atoms with Crippen LogP contribution in [0.15, 0.2) is 36.4 Å². The number of nitrogens with zero attached hydrogens (tertiary/aromatic N) is 2. The minimum absolute atomic E-state index is 0.231. The van der Waals surface area contributed by atoms with Gasteiger partial charge in [-0.3, -0.25) is 9.59 Å². The van der Waals surface area contributed by atoms with Crippen molar-refractivity contribution in [3.8, 4) is 0 Å². The first-order chi connectivity index (χ1) is 15.6. The van der Waals surface area contributed by atoms with E-state index in [1.165, 1.54) is 29.5 Å². The van der Waals surface area contributed by atoms with Crippen LogP contribution < -0.4 is 4.90 Å². The third kappa shape index (κ3) is 4.62. The van der Waals surface area contributed by atoms with Crippen LogP contribution in [0.25, 0.3) is 0 Å². The summed E-state index contributed by atoms with van der Waals surface area (Å²) in [5.41, 5.74) is 5.63. The highest BCUT2D eigenvalue weighted by atomic mass is 35.5. The number of piperidine rings is 1. The monoisotopic (exact) mass is 450 g/mol. The Morgan fingerprint density at radius 3 is 2.56 bits per heavy atom. The molecule has 5 heteroatoms. The highest BCUT2D eigenvalue weighted by molar-refractivity contribution is 6.30. The van der Waals surface area contributed by atoms with Gasteiger partial charge >= 0.3 is 0 Å². The van der Waals surface area contributed by atoms with Gasteiger partial charge in [0.05, 0.1) is 5.69 Å². The summed E-state index contributed by atoms with van der Waals surface area (Å²) in [5.74, 6) is 1.14. The Balaban J connectivity index is 1.10. The number of likely N-dealkylation sites (tertiary alicyclic amines) is 1. The molecule has 168 valence electrons. The van der Waals surface area contributed by atoms with E-state index in [0.29, 0.717) is 18.8 Å². The lowest BCUT2D eigenvalue weighted by Crippen LogP contribution is -2.35. The summed E-state index contributed by atoms with van der Waals surface area (Å²) in [6.07, 6.45) is 7.22. The minimum atomic E-state index is 0.231. The molecule has 0 N–H and O–H groups in total. The lowest BCUT2D eigenvalue weighted by molar-refractivity contribution is -0.118. The van der Waals surface area contributed by atoms with Crippen molar-refractivity contribution in [2.45, 2.75) is 51.4 Å². The Bertz CT molecular complexity index is 1030. The van der Waals surface area contributed by atoms with Gasteiger partial charge in [0.25, 0.3) is 0 Å². The summed E-state index contributed by atoms with van der Waals surface area (Å²) in [7, 11) is 0. The second-order valence-electron chi connectivity index (χ2n) is 9.57. The molecule has 1 amide bonds. The molecule has 32 heavy (non-hydrogen) atoms. The van der Waals surface area contributed by atoms with E-state index in [2.05, 4.69) is 29.2 Å². The summed E-state index contributed by atoms with van der Waals surface area (Å²) >= 11 is 6.09. The van der Waals surface area contributed by atoms with Gasteiger partial charge in [0.15, 0.2) is 5.78 Å². The van der Waals surface area contributed by atoms with Crippen molar-refractivity contribution in [2.24, 2.45) is 5.92 Å². The summed E-state index contributed by atoms with van der Waals surface area (Å²) in [5, 5.41) is 0.810. The zero-order chi connectivity index (χ0) is 22.1. The van der Waals surface area contributed by atoms with Crippen LogP contribution in [0.3, 0.4) is 0 Å². The fourth-order valence-corrected chi connectivity index (χ4v) is 5.79. The number of rotatable bonds is 7. The smallest absolute Gasteiger partial charge is 0.227 e. The molecule has 0 bridgehead atoms. The zero-order valence-corrected chi connectivity index (χ0v) is 19.4. The van der Waals surface area contributed by atoms with E-state index in [-0.39, 0.29) is 11.7 Å². The van der Waals surface area contributed by atoms with Crippen molar-refractivity contribution in [1.29, 1.82) is 0 Å². The zero-order valence-electron chi connectivity index (χ0n) is 18.6. The Morgan fingerprint density at radius 1 is 1.00 bits per heavy atom. The van der Waals surface area contributed by atoms with Crippen LogP contribution in [0.4, 0.5) is 5.69 Å². The normalized spacial score (nSPS) is 18.8. The van der Waals surface area contributed by atoms with Gasteiger partial charge in [-0.2, -0.15) is 0 Å². The third-order valence-electron chi connectivity index (χ3n) is 7.47. The number of anilines is 1. The van der Waals surface area contributed by atoms with Crippen LogP contribution in [-0.4, -0.2) is 42.8 Å². The Kier molecular flexibility index (Phi) is 6.34. The lowest BCUT2D eigenvalue weighted by Gasteiger charge is -2.32. The van der Waals surface area contributed by atoms with Gasteiger partial charge < -0.3 is 9.80 Å². The number of amides is 1. The molecule has 3 aliphatic rings. The molecule has 3 heterocycles. The van der Waals surface area contributed by atoms with Crippen molar-refractivity contribution < 1.29 is 9.59 Å². The molecular formula is C27H31ClN2O2. The first-order valence-electron chi connectivity index (χ1n) is 12.0. The average Bonchev–Trinajstić information content (AvgIpc) is 3.24. The van der Waals surface area contributed by atoms with Crippen molar-refractivity contribution in [1.82, 2.24) is 4.90 Å². The van der Waals surface area contributed by atoms with Crippen LogP contribution in [0.1, 0.15) is 59.2 Å². The van der Waals surface area contributed by atoms with E-state index >= 15 is 0 Å². The van der Waals surface area contributed by atoms with Gasteiger partial charge in [-0.25, -0.2) is 0 Å². The summed E-state index contributed by atoms with van der Waals surface area (Å²) < 4.78 is 0. The molecule has 0 unspecified atom stereocenters. The molecule has 4 nitrogen and oxygen atoms in total. The van der Waals surface area contributed by atoms with Crippen molar-refractivity contribution in [2.75, 3.05) is 31.1 Å². The van der Waals surface area contributed by atoms with Crippen LogP contribution >= 0.6 is 11.6 Å². The summed E-state index contributed by atoms with van der Waals surface area (Å²) in [6, 6.07) is 12.3. The predicted molar refractivity (Wildman–Crippen MR) is 129 cm³/mol. The molecular weight excluding hydrogens is 420 g/mol. The predicted octanol–water partition coefficient (Wildman–Crippen LogP) is 5.09. The number of hydrogen-bond donors (Lipinski definition) is 0. The number of hydrogen-bond acceptors (Lipinski definition) is 3. The second-order valence-corrected chi connectivity index (χ2v) is 10.0. The molecule has 3 aliphatic heterocycles. The Hall–Kier alpha value is -2.17. The van der Waals surface area contributed by atoms with Crippen LogP contribution in [0.2, 0.25) is 5.02 Å². The van der Waals surface area contributed by atoms with Crippen LogP contribution in [0.5, 0.6) is 0 Å². The van der Waals surface area contributed by atoms with E-state index < -0.39 is 0 Å². The van der Waals surface area contributed by atoms with Gasteiger partial charge in [0.2, 0.25) is 5.91 Å². The Labute approximate surface area is 195 Å². The standard InChI is InChI=1S/C27H31ClN2O2/c28-24-3-1-2-20(16-24)10-14-29-12-8-19(9-13-29)4-6-25(31)23-17-21-5-7-26(32)30-15-11-22(18-23)27(21)30/h1-3,16-19H,4-15H2. The highest BCUT2D eigenvalue weighted by Crippen LogP contribution is 2.38. The maximum absolute atomic E-state index is 13.0. The second kappa shape index (κ2) is 9.36. The van der Waals surface area contributed by atoms with Gasteiger partial charge in [0, 0.05) is 36.5 Å². The molecule has 1 saturated heterocycles. The topological polar surface area (TPSA) is 40.6 Å². The maximum Gasteiger partial charge on any atom is 0.227 e. The molecule has 0 radical (unpaired) electrons. The average molecular weight is 451 g/mol. The Morgan fingerprint density at radius 2 is 1.78 bits per heavy atom. The molecule has 0 spiro atoms. The van der Waals surface area contributed by atoms with Gasteiger partial charge in [-0.05, 0) is 98.5 Å². The highest BCUT2D eigenvalue weighted by Gasteiger charge is 2.32. The summed E-state index contributed by atoms with van der Waals surface area (Å²) in [6.45, 7) is 4.08. The molecule has 2 aromatic carbocycles. The van der Waals surface area contributed by atoms with E-state index in [1.807, 2.05) is 17.0 Å². The molecule has 0 saturated carbocycles. The number of halogens is 1. The first-order valence-corrected chi connectivity index (χ1v) is 12.4.